The SMILES string of the molecule is CC(C)(N)CC=O.CN[C@H](Cc1c[nH]c2ccccc12)C(=O)N1CCCC(Cc2ccccc2)C1. The van der Waals surface area contributed by atoms with E-state index in [1.165, 1.54) is 22.9 Å². The maximum absolute atomic E-state index is 13.2. The van der Waals surface area contributed by atoms with Gasteiger partial charge in [-0.15, -0.1) is 0 Å². The minimum atomic E-state index is -0.318. The molecule has 1 aromatic heterocycles. The third-order valence-corrected chi connectivity index (χ3v) is 6.55. The second-order valence-corrected chi connectivity index (χ2v) is 10.2. The van der Waals surface area contributed by atoms with Crippen LogP contribution in [0.5, 0.6) is 0 Å². The number of hydrogen-bond acceptors (Lipinski definition) is 4. The number of likely N-dealkylation sites (tertiary alicyclic amines) is 1. The summed E-state index contributed by atoms with van der Waals surface area (Å²) in [6, 6.07) is 18.7. The number of H-pyrrole nitrogens is 1. The molecule has 2 heterocycles. The van der Waals surface area contributed by atoms with Crippen LogP contribution in [0.2, 0.25) is 0 Å². The molecule has 1 unspecified atom stereocenters. The standard InChI is InChI=1S/C24H29N3O.C5H11NO/c1-25-23(15-20-16-26-22-12-6-5-11-21(20)22)24(28)27-13-7-10-19(17-27)14-18-8-3-2-4-9-18;1-5(2,6)3-4-7/h2-6,8-9,11-12,16,19,23,25-26H,7,10,13-15,17H2,1H3;4H,3,6H2,1-2H3/t19?,23-;/m1./s1. The molecule has 4 N–H and O–H groups in total. The fraction of sp³-hybridized carbons (Fsp3) is 0.448. The summed E-state index contributed by atoms with van der Waals surface area (Å²) in [5, 5.41) is 4.47. The van der Waals surface area contributed by atoms with Crippen molar-refractivity contribution >= 4 is 23.1 Å². The number of rotatable bonds is 8. The van der Waals surface area contributed by atoms with Crippen LogP contribution >= 0.6 is 0 Å². The highest BCUT2D eigenvalue weighted by atomic mass is 16.2. The summed E-state index contributed by atoms with van der Waals surface area (Å²) < 4.78 is 0. The number of amides is 1. The van der Waals surface area contributed by atoms with Crippen molar-refractivity contribution < 1.29 is 9.59 Å². The lowest BCUT2D eigenvalue weighted by atomic mass is 9.90. The number of benzene rings is 2. The predicted octanol–water partition coefficient (Wildman–Crippen LogP) is 4.09. The zero-order valence-corrected chi connectivity index (χ0v) is 21.3. The van der Waals surface area contributed by atoms with Crippen molar-refractivity contribution in [3.8, 4) is 0 Å². The van der Waals surface area contributed by atoms with E-state index in [-0.39, 0.29) is 17.5 Å². The molecule has 188 valence electrons. The number of likely N-dealkylation sites (N-methyl/N-ethyl adjacent to an activating group) is 1. The number of nitrogens with zero attached hydrogens (tertiary/aromatic N) is 1. The summed E-state index contributed by atoms with van der Waals surface area (Å²) in [4.78, 5) is 28.4. The lowest BCUT2D eigenvalue weighted by Crippen LogP contribution is -2.50. The molecule has 0 spiro atoms. The molecule has 1 fully saturated rings. The predicted molar refractivity (Wildman–Crippen MR) is 143 cm³/mol. The number of hydrogen-bond donors (Lipinski definition) is 3. The number of nitrogens with one attached hydrogen (secondary N) is 2. The van der Waals surface area contributed by atoms with Gasteiger partial charge in [-0.1, -0.05) is 48.5 Å². The Morgan fingerprint density at radius 2 is 1.91 bits per heavy atom. The molecule has 6 nitrogen and oxygen atoms in total. The van der Waals surface area contributed by atoms with Gasteiger partial charge < -0.3 is 25.7 Å². The van der Waals surface area contributed by atoms with E-state index < -0.39 is 0 Å². The minimum absolute atomic E-state index is 0.185. The van der Waals surface area contributed by atoms with Gasteiger partial charge in [0, 0.05) is 42.1 Å². The Kier molecular flexibility index (Phi) is 9.64. The molecule has 1 amide bonds. The van der Waals surface area contributed by atoms with Crippen molar-refractivity contribution in [1.82, 2.24) is 15.2 Å². The van der Waals surface area contributed by atoms with E-state index in [0.717, 1.165) is 37.7 Å². The van der Waals surface area contributed by atoms with Crippen molar-refractivity contribution in [1.29, 1.82) is 0 Å². The summed E-state index contributed by atoms with van der Waals surface area (Å²) in [7, 11) is 1.89. The number of carbonyl (C=O) groups excluding carboxylic acids is 2. The van der Waals surface area contributed by atoms with Crippen LogP contribution in [0.15, 0.2) is 60.8 Å². The number of carbonyl (C=O) groups is 2. The number of aromatic nitrogens is 1. The second kappa shape index (κ2) is 12.7. The highest BCUT2D eigenvalue weighted by Crippen LogP contribution is 2.23. The van der Waals surface area contributed by atoms with Crippen LogP contribution in [0, 0.1) is 5.92 Å². The number of nitrogens with two attached hydrogens (primary N) is 1. The van der Waals surface area contributed by atoms with Crippen LogP contribution < -0.4 is 11.1 Å². The second-order valence-electron chi connectivity index (χ2n) is 10.2. The van der Waals surface area contributed by atoms with E-state index in [9.17, 15) is 9.59 Å². The van der Waals surface area contributed by atoms with Crippen LogP contribution in [0.1, 0.15) is 44.2 Å². The first-order valence-corrected chi connectivity index (χ1v) is 12.6. The Bertz CT molecular complexity index is 1070. The van der Waals surface area contributed by atoms with Gasteiger partial charge in [-0.2, -0.15) is 0 Å². The minimum Gasteiger partial charge on any atom is -0.361 e. The van der Waals surface area contributed by atoms with Gasteiger partial charge in [-0.05, 0) is 69.7 Å². The average Bonchev–Trinajstić information content (AvgIpc) is 3.25. The van der Waals surface area contributed by atoms with Gasteiger partial charge in [-0.25, -0.2) is 0 Å². The van der Waals surface area contributed by atoms with E-state index >= 15 is 0 Å². The topological polar surface area (TPSA) is 91.2 Å². The number of aldehydes is 1. The molecule has 0 radical (unpaired) electrons. The summed E-state index contributed by atoms with van der Waals surface area (Å²) in [5.41, 5.74) is 8.78. The van der Waals surface area contributed by atoms with Gasteiger partial charge in [0.1, 0.15) is 6.29 Å². The van der Waals surface area contributed by atoms with E-state index in [0.29, 0.717) is 18.8 Å². The highest BCUT2D eigenvalue weighted by molar-refractivity contribution is 5.86. The molecule has 6 heteroatoms. The van der Waals surface area contributed by atoms with Crippen LogP contribution in [-0.2, 0) is 22.4 Å². The molecule has 4 rings (SSSR count). The zero-order valence-electron chi connectivity index (χ0n) is 21.3. The summed E-state index contributed by atoms with van der Waals surface area (Å²) in [6.45, 7) is 5.37. The molecule has 0 saturated carbocycles. The third kappa shape index (κ3) is 8.05. The average molecular weight is 477 g/mol. The summed E-state index contributed by atoms with van der Waals surface area (Å²) >= 11 is 0. The quantitative estimate of drug-likeness (QED) is 0.427. The lowest BCUT2D eigenvalue weighted by Gasteiger charge is -2.35. The summed E-state index contributed by atoms with van der Waals surface area (Å²) in [5.74, 6) is 0.774. The number of aromatic amines is 1. The molecule has 0 bridgehead atoms. The number of para-hydroxylation sites is 1. The third-order valence-electron chi connectivity index (χ3n) is 6.55. The van der Waals surface area contributed by atoms with Crippen molar-refractivity contribution in [3.05, 3.63) is 71.9 Å². The Morgan fingerprint density at radius 3 is 2.57 bits per heavy atom. The van der Waals surface area contributed by atoms with Crippen molar-refractivity contribution in [3.63, 3.8) is 0 Å². The van der Waals surface area contributed by atoms with E-state index in [4.69, 9.17) is 5.73 Å². The summed E-state index contributed by atoms with van der Waals surface area (Å²) in [6.07, 6.45) is 7.36. The molecular formula is C29H40N4O2. The van der Waals surface area contributed by atoms with Crippen molar-refractivity contribution in [2.75, 3.05) is 20.1 Å². The molecular weight excluding hydrogens is 436 g/mol. The monoisotopic (exact) mass is 476 g/mol. The van der Waals surface area contributed by atoms with Crippen LogP contribution in [0.25, 0.3) is 10.9 Å². The van der Waals surface area contributed by atoms with Gasteiger partial charge >= 0.3 is 0 Å². The van der Waals surface area contributed by atoms with Crippen molar-refractivity contribution in [2.24, 2.45) is 11.7 Å². The first-order chi connectivity index (χ1) is 16.8. The highest BCUT2D eigenvalue weighted by Gasteiger charge is 2.28. The molecule has 1 aliphatic rings. The fourth-order valence-corrected chi connectivity index (χ4v) is 4.65. The zero-order chi connectivity index (χ0) is 25.3. The van der Waals surface area contributed by atoms with Crippen LogP contribution in [-0.4, -0.2) is 53.8 Å². The number of fused-ring (bicyclic) bond motifs is 1. The van der Waals surface area contributed by atoms with Gasteiger partial charge in [0.2, 0.25) is 5.91 Å². The molecule has 1 saturated heterocycles. The first kappa shape index (κ1) is 26.6. The van der Waals surface area contributed by atoms with E-state index in [1.54, 1.807) is 0 Å². The van der Waals surface area contributed by atoms with Gasteiger partial charge in [0.25, 0.3) is 0 Å². The van der Waals surface area contributed by atoms with Crippen LogP contribution in [0.4, 0.5) is 0 Å². The van der Waals surface area contributed by atoms with Gasteiger partial charge in [0.05, 0.1) is 6.04 Å². The maximum Gasteiger partial charge on any atom is 0.240 e. The first-order valence-electron chi connectivity index (χ1n) is 12.6. The Balaban J connectivity index is 0.000000429. The maximum atomic E-state index is 13.2. The van der Waals surface area contributed by atoms with E-state index in [2.05, 4.69) is 63.7 Å². The smallest absolute Gasteiger partial charge is 0.240 e. The molecule has 0 aliphatic carbocycles. The fourth-order valence-electron chi connectivity index (χ4n) is 4.65. The largest absolute Gasteiger partial charge is 0.361 e. The number of piperidine rings is 1. The molecule has 2 aromatic carbocycles. The lowest BCUT2D eigenvalue weighted by molar-refractivity contribution is -0.135. The Morgan fingerprint density at radius 1 is 1.20 bits per heavy atom. The molecule has 1 aliphatic heterocycles. The Labute approximate surface area is 209 Å². The van der Waals surface area contributed by atoms with E-state index in [1.807, 2.05) is 33.2 Å². The van der Waals surface area contributed by atoms with Crippen LogP contribution in [0.3, 0.4) is 0 Å². The normalized spacial score (nSPS) is 16.9. The molecule has 3 aromatic rings. The van der Waals surface area contributed by atoms with Crippen molar-refractivity contribution in [2.45, 2.75) is 57.5 Å². The van der Waals surface area contributed by atoms with Gasteiger partial charge in [-0.3, -0.25) is 4.79 Å². The molecule has 35 heavy (non-hydrogen) atoms. The Hall–Kier alpha value is -2.96. The molecule has 2 atom stereocenters. The van der Waals surface area contributed by atoms with Gasteiger partial charge in [0.15, 0.2) is 0 Å².